The van der Waals surface area contributed by atoms with E-state index in [-0.39, 0.29) is 5.76 Å². The van der Waals surface area contributed by atoms with Crippen LogP contribution < -0.4 is 0 Å². The molecule has 0 aliphatic rings. The van der Waals surface area contributed by atoms with Gasteiger partial charge in [0.1, 0.15) is 11.9 Å². The van der Waals surface area contributed by atoms with E-state index >= 15 is 0 Å². The minimum Gasteiger partial charge on any atom is -0.465 e. The van der Waals surface area contributed by atoms with E-state index in [1.54, 1.807) is 0 Å². The molecule has 0 amide bonds. The molecule has 1 aromatic heterocycles. The summed E-state index contributed by atoms with van der Waals surface area (Å²) in [6, 6.07) is 1.52. The highest BCUT2D eigenvalue weighted by Gasteiger charge is 2.29. The van der Waals surface area contributed by atoms with Crippen molar-refractivity contribution in [2.75, 3.05) is 0 Å². The summed E-state index contributed by atoms with van der Waals surface area (Å²) >= 11 is 3.05. The highest BCUT2D eigenvalue weighted by Crippen LogP contribution is 2.31. The van der Waals surface area contributed by atoms with Crippen molar-refractivity contribution in [2.45, 2.75) is 25.1 Å². The summed E-state index contributed by atoms with van der Waals surface area (Å²) in [6.45, 7) is 0. The summed E-state index contributed by atoms with van der Waals surface area (Å²) in [6.07, 6.45) is -5.59. The van der Waals surface area contributed by atoms with Gasteiger partial charge in [-0.3, -0.25) is 0 Å². The molecule has 1 heterocycles. The van der Waals surface area contributed by atoms with Crippen LogP contribution in [0.3, 0.4) is 0 Å². The van der Waals surface area contributed by atoms with Gasteiger partial charge >= 0.3 is 6.18 Å². The molecule has 0 radical (unpaired) electrons. The quantitative estimate of drug-likeness (QED) is 0.915. The minimum atomic E-state index is -4.25. The Bertz CT molecular complexity index is 295. The third-order valence-corrected chi connectivity index (χ3v) is 2.30. The maximum absolute atomic E-state index is 11.8. The van der Waals surface area contributed by atoms with E-state index in [0.717, 1.165) is 0 Å². The first-order chi connectivity index (χ1) is 6.40. The predicted octanol–water partition coefficient (Wildman–Crippen LogP) is 3.42. The molecule has 0 aromatic carbocycles. The van der Waals surface area contributed by atoms with E-state index < -0.39 is 25.1 Å². The lowest BCUT2D eigenvalue weighted by atomic mass is 10.1. The van der Waals surface area contributed by atoms with E-state index in [0.29, 0.717) is 4.47 Å². The van der Waals surface area contributed by atoms with Gasteiger partial charge in [-0.1, -0.05) is 0 Å². The number of alkyl halides is 3. The van der Waals surface area contributed by atoms with Crippen LogP contribution in [0.2, 0.25) is 0 Å². The third kappa shape index (κ3) is 3.34. The van der Waals surface area contributed by atoms with Gasteiger partial charge in [-0.05, 0) is 28.4 Å². The average molecular weight is 273 g/mol. The SMILES string of the molecule is OC(CCC(F)(F)F)c1occc1Br. The molecule has 1 unspecified atom stereocenters. The molecule has 14 heavy (non-hydrogen) atoms. The summed E-state index contributed by atoms with van der Waals surface area (Å²) in [5, 5.41) is 9.33. The molecule has 1 atom stereocenters. The van der Waals surface area contributed by atoms with E-state index in [9.17, 15) is 18.3 Å². The molecule has 0 saturated carbocycles. The van der Waals surface area contributed by atoms with E-state index in [2.05, 4.69) is 15.9 Å². The van der Waals surface area contributed by atoms with Crippen molar-refractivity contribution < 1.29 is 22.7 Å². The van der Waals surface area contributed by atoms with Gasteiger partial charge < -0.3 is 9.52 Å². The first kappa shape index (κ1) is 11.6. The molecule has 1 aromatic rings. The fourth-order valence-corrected chi connectivity index (χ4v) is 1.44. The molecular weight excluding hydrogens is 265 g/mol. The second-order valence-corrected chi connectivity index (χ2v) is 3.66. The zero-order chi connectivity index (χ0) is 10.8. The smallest absolute Gasteiger partial charge is 0.389 e. The second kappa shape index (κ2) is 4.35. The Morgan fingerprint density at radius 3 is 2.57 bits per heavy atom. The number of rotatable bonds is 3. The second-order valence-electron chi connectivity index (χ2n) is 2.80. The molecular formula is C8H8BrF3O2. The van der Waals surface area contributed by atoms with Gasteiger partial charge in [0.05, 0.1) is 10.7 Å². The van der Waals surface area contributed by atoms with Crippen LogP contribution in [-0.4, -0.2) is 11.3 Å². The number of hydrogen-bond donors (Lipinski definition) is 1. The lowest BCUT2D eigenvalue weighted by Crippen LogP contribution is -2.09. The molecule has 80 valence electrons. The van der Waals surface area contributed by atoms with Crippen LogP contribution in [0.1, 0.15) is 24.7 Å². The van der Waals surface area contributed by atoms with Crippen molar-refractivity contribution in [3.05, 3.63) is 22.6 Å². The first-order valence-electron chi connectivity index (χ1n) is 3.88. The Kier molecular flexibility index (Phi) is 3.60. The minimum absolute atomic E-state index is 0.134. The Balaban J connectivity index is 2.51. The lowest BCUT2D eigenvalue weighted by Gasteiger charge is -2.10. The number of hydrogen-bond acceptors (Lipinski definition) is 2. The van der Waals surface area contributed by atoms with Crippen molar-refractivity contribution in [2.24, 2.45) is 0 Å². The van der Waals surface area contributed by atoms with Crippen LogP contribution in [-0.2, 0) is 0 Å². The fraction of sp³-hybridized carbons (Fsp3) is 0.500. The van der Waals surface area contributed by atoms with E-state index in [1.807, 2.05) is 0 Å². The van der Waals surface area contributed by atoms with Crippen LogP contribution in [0.25, 0.3) is 0 Å². The molecule has 0 spiro atoms. The molecule has 0 saturated heterocycles. The summed E-state index contributed by atoms with van der Waals surface area (Å²) in [7, 11) is 0. The number of aliphatic hydroxyl groups is 1. The van der Waals surface area contributed by atoms with Gasteiger partial charge in [-0.2, -0.15) is 13.2 Å². The van der Waals surface area contributed by atoms with Crippen LogP contribution in [0, 0.1) is 0 Å². The Morgan fingerprint density at radius 1 is 1.50 bits per heavy atom. The molecule has 0 aliphatic carbocycles. The number of furan rings is 1. The van der Waals surface area contributed by atoms with Crippen molar-refractivity contribution in [3.63, 3.8) is 0 Å². The Morgan fingerprint density at radius 2 is 2.14 bits per heavy atom. The Hall–Kier alpha value is -0.490. The van der Waals surface area contributed by atoms with Crippen molar-refractivity contribution >= 4 is 15.9 Å². The average Bonchev–Trinajstić information content (AvgIpc) is 2.46. The summed E-state index contributed by atoms with van der Waals surface area (Å²) in [5.41, 5.74) is 0. The molecule has 0 aliphatic heterocycles. The zero-order valence-corrected chi connectivity index (χ0v) is 8.60. The molecule has 2 nitrogen and oxygen atoms in total. The van der Waals surface area contributed by atoms with Crippen LogP contribution in [0.4, 0.5) is 13.2 Å². The molecule has 6 heteroatoms. The van der Waals surface area contributed by atoms with E-state index in [1.165, 1.54) is 12.3 Å². The van der Waals surface area contributed by atoms with Gasteiger partial charge in [-0.15, -0.1) is 0 Å². The topological polar surface area (TPSA) is 33.4 Å². The van der Waals surface area contributed by atoms with Gasteiger partial charge in [-0.25, -0.2) is 0 Å². The molecule has 0 fully saturated rings. The van der Waals surface area contributed by atoms with Crippen molar-refractivity contribution in [3.8, 4) is 0 Å². The van der Waals surface area contributed by atoms with Crippen molar-refractivity contribution in [1.82, 2.24) is 0 Å². The van der Waals surface area contributed by atoms with Gasteiger partial charge in [0, 0.05) is 6.42 Å². The molecule has 0 bridgehead atoms. The largest absolute Gasteiger partial charge is 0.465 e. The summed E-state index contributed by atoms with van der Waals surface area (Å²) in [4.78, 5) is 0. The third-order valence-electron chi connectivity index (χ3n) is 1.65. The maximum atomic E-state index is 11.8. The van der Waals surface area contributed by atoms with Crippen molar-refractivity contribution in [1.29, 1.82) is 0 Å². The van der Waals surface area contributed by atoms with Crippen LogP contribution in [0.15, 0.2) is 21.2 Å². The van der Waals surface area contributed by atoms with E-state index in [4.69, 9.17) is 4.42 Å². The summed E-state index contributed by atoms with van der Waals surface area (Å²) in [5.74, 6) is 0.134. The number of aliphatic hydroxyl groups excluding tert-OH is 1. The van der Waals surface area contributed by atoms with Crippen LogP contribution in [0.5, 0.6) is 0 Å². The molecule has 1 rings (SSSR count). The summed E-state index contributed by atoms with van der Waals surface area (Å²) < 4.78 is 40.7. The number of halogens is 4. The van der Waals surface area contributed by atoms with Crippen LogP contribution >= 0.6 is 15.9 Å². The molecule has 1 N–H and O–H groups in total. The maximum Gasteiger partial charge on any atom is 0.389 e. The van der Waals surface area contributed by atoms with Gasteiger partial charge in [0.2, 0.25) is 0 Å². The van der Waals surface area contributed by atoms with Gasteiger partial charge in [0.25, 0.3) is 0 Å². The first-order valence-corrected chi connectivity index (χ1v) is 4.67. The highest BCUT2D eigenvalue weighted by atomic mass is 79.9. The predicted molar refractivity (Wildman–Crippen MR) is 46.7 cm³/mol. The standard InChI is InChI=1S/C8H8BrF3O2/c9-5-2-4-14-7(5)6(13)1-3-8(10,11)12/h2,4,6,13H,1,3H2. The normalized spacial score (nSPS) is 14.4. The van der Waals surface area contributed by atoms with Gasteiger partial charge in [0.15, 0.2) is 0 Å². The lowest BCUT2D eigenvalue weighted by molar-refractivity contribution is -0.140. The zero-order valence-electron chi connectivity index (χ0n) is 7.01. The Labute approximate surface area is 86.8 Å². The fourth-order valence-electron chi connectivity index (χ4n) is 0.975. The highest BCUT2D eigenvalue weighted by molar-refractivity contribution is 9.10. The monoisotopic (exact) mass is 272 g/mol.